The van der Waals surface area contributed by atoms with E-state index in [2.05, 4.69) is 20.4 Å². The van der Waals surface area contributed by atoms with Crippen LogP contribution in [0.3, 0.4) is 0 Å². The number of alkyl halides is 3. The molecule has 0 bridgehead atoms. The number of ether oxygens (including phenoxy) is 1. The highest BCUT2D eigenvalue weighted by Crippen LogP contribution is 2.25. The van der Waals surface area contributed by atoms with Crippen molar-refractivity contribution in [2.75, 3.05) is 5.32 Å². The fraction of sp³-hybridized carbons (Fsp3) is 0.160. The molecule has 0 aliphatic heterocycles. The number of hydrogen-bond donors (Lipinski definition) is 2. The first-order valence-electron chi connectivity index (χ1n) is 10.7. The number of anilines is 1. The Labute approximate surface area is 198 Å². The van der Waals surface area contributed by atoms with E-state index in [4.69, 9.17) is 0 Å². The van der Waals surface area contributed by atoms with Gasteiger partial charge in [-0.15, -0.1) is 13.2 Å². The number of rotatable bonds is 7. The lowest BCUT2D eigenvalue weighted by Crippen LogP contribution is -2.30. The van der Waals surface area contributed by atoms with Crippen LogP contribution in [0.4, 0.5) is 18.9 Å². The Hall–Kier alpha value is -4.34. The van der Waals surface area contributed by atoms with E-state index in [0.717, 1.165) is 12.1 Å². The molecule has 0 spiro atoms. The van der Waals surface area contributed by atoms with Gasteiger partial charge >= 0.3 is 6.36 Å². The molecule has 10 heteroatoms. The molecular weight excluding hydrogens is 461 g/mol. The molecule has 1 atom stereocenters. The molecule has 7 nitrogen and oxygen atoms in total. The average Bonchev–Trinajstić information content (AvgIpc) is 3.18. The summed E-state index contributed by atoms with van der Waals surface area (Å²) in [6.45, 7) is 1.65. The normalized spacial score (nSPS) is 12.2. The van der Waals surface area contributed by atoms with Crippen LogP contribution in [0.15, 0.2) is 78.9 Å². The molecule has 1 heterocycles. The number of halogens is 3. The molecule has 0 fully saturated rings. The van der Waals surface area contributed by atoms with E-state index >= 15 is 0 Å². The number of nitrogens with zero attached hydrogens (tertiary/aromatic N) is 2. The van der Waals surface area contributed by atoms with Gasteiger partial charge in [-0.25, -0.2) is 4.98 Å². The van der Waals surface area contributed by atoms with Gasteiger partial charge in [0.05, 0.1) is 17.1 Å². The monoisotopic (exact) mass is 482 g/mol. The summed E-state index contributed by atoms with van der Waals surface area (Å²) >= 11 is 0. The largest absolute Gasteiger partial charge is 0.573 e. The SMILES string of the molecule is C[C@H](NC(=O)c1ccccc1)c1nc2ccccc2n1CC(=O)Nc1ccc(OC(F)(F)F)cc1. The van der Waals surface area contributed by atoms with E-state index in [9.17, 15) is 22.8 Å². The van der Waals surface area contributed by atoms with Crippen LogP contribution in [0, 0.1) is 0 Å². The summed E-state index contributed by atoms with van der Waals surface area (Å²) in [7, 11) is 0. The molecule has 0 unspecified atom stereocenters. The molecule has 35 heavy (non-hydrogen) atoms. The number of amides is 2. The Morgan fingerprint density at radius 2 is 1.63 bits per heavy atom. The van der Waals surface area contributed by atoms with Crippen molar-refractivity contribution in [2.45, 2.75) is 25.9 Å². The highest BCUT2D eigenvalue weighted by molar-refractivity contribution is 5.94. The third-order valence-corrected chi connectivity index (χ3v) is 5.13. The van der Waals surface area contributed by atoms with Gasteiger partial charge in [0.15, 0.2) is 0 Å². The third kappa shape index (κ3) is 5.97. The van der Waals surface area contributed by atoms with Crippen molar-refractivity contribution in [3.05, 3.63) is 90.3 Å². The van der Waals surface area contributed by atoms with Crippen LogP contribution in [0.25, 0.3) is 11.0 Å². The van der Waals surface area contributed by atoms with Gasteiger partial charge in [-0.2, -0.15) is 0 Å². The molecule has 3 aromatic carbocycles. The highest BCUT2D eigenvalue weighted by Gasteiger charge is 2.31. The van der Waals surface area contributed by atoms with Crippen molar-refractivity contribution < 1.29 is 27.5 Å². The number of carbonyl (C=O) groups is 2. The van der Waals surface area contributed by atoms with Gasteiger partial charge in [0.1, 0.15) is 18.1 Å². The fourth-order valence-corrected chi connectivity index (χ4v) is 3.61. The third-order valence-electron chi connectivity index (χ3n) is 5.13. The van der Waals surface area contributed by atoms with Gasteiger partial charge in [0, 0.05) is 11.3 Å². The molecule has 2 N–H and O–H groups in total. The summed E-state index contributed by atoms with van der Waals surface area (Å²) in [5, 5.41) is 5.56. The minimum atomic E-state index is -4.80. The Morgan fingerprint density at radius 1 is 0.971 bits per heavy atom. The number of hydrogen-bond acceptors (Lipinski definition) is 4. The first kappa shape index (κ1) is 23.8. The van der Waals surface area contributed by atoms with Crippen LogP contribution in [0.1, 0.15) is 29.1 Å². The number of nitrogens with one attached hydrogen (secondary N) is 2. The zero-order valence-corrected chi connectivity index (χ0v) is 18.5. The Balaban J connectivity index is 1.52. The second-order valence-corrected chi connectivity index (χ2v) is 7.73. The summed E-state index contributed by atoms with van der Waals surface area (Å²) < 4.78 is 42.6. The predicted molar refractivity (Wildman–Crippen MR) is 124 cm³/mol. The molecule has 0 saturated heterocycles. The molecular formula is C25H21F3N4O3. The maximum absolute atomic E-state index is 12.8. The first-order valence-corrected chi connectivity index (χ1v) is 10.7. The lowest BCUT2D eigenvalue weighted by molar-refractivity contribution is -0.274. The highest BCUT2D eigenvalue weighted by atomic mass is 19.4. The van der Waals surface area contributed by atoms with Crippen molar-refractivity contribution in [2.24, 2.45) is 0 Å². The van der Waals surface area contributed by atoms with Crippen molar-refractivity contribution in [3.8, 4) is 5.75 Å². The van der Waals surface area contributed by atoms with E-state index in [0.29, 0.717) is 28.1 Å². The molecule has 0 saturated carbocycles. The van der Waals surface area contributed by atoms with Crippen molar-refractivity contribution >= 4 is 28.5 Å². The van der Waals surface area contributed by atoms with E-state index in [1.54, 1.807) is 41.8 Å². The second kappa shape index (κ2) is 9.88. The quantitative estimate of drug-likeness (QED) is 0.386. The first-order chi connectivity index (χ1) is 16.7. The molecule has 1 aromatic heterocycles. The van der Waals surface area contributed by atoms with Crippen LogP contribution >= 0.6 is 0 Å². The summed E-state index contributed by atoms with van der Waals surface area (Å²) in [6.07, 6.45) is -4.80. The maximum atomic E-state index is 12.8. The molecule has 4 aromatic rings. The standard InChI is InChI=1S/C25H21F3N4O3/c1-16(29-24(34)17-7-3-2-4-8-17)23-31-20-9-5-6-10-21(20)32(23)15-22(33)30-18-11-13-19(14-12-18)35-25(26,27)28/h2-14,16H,15H2,1H3,(H,29,34)(H,30,33)/t16-/m0/s1. The molecule has 4 rings (SSSR count). The fourth-order valence-electron chi connectivity index (χ4n) is 3.61. The van der Waals surface area contributed by atoms with Crippen LogP contribution in [-0.4, -0.2) is 27.7 Å². The van der Waals surface area contributed by atoms with Gasteiger partial charge < -0.3 is 19.9 Å². The van der Waals surface area contributed by atoms with Crippen molar-refractivity contribution in [1.29, 1.82) is 0 Å². The number of fused-ring (bicyclic) bond motifs is 1. The van der Waals surface area contributed by atoms with Crippen molar-refractivity contribution in [1.82, 2.24) is 14.9 Å². The Morgan fingerprint density at radius 3 is 2.31 bits per heavy atom. The summed E-state index contributed by atoms with van der Waals surface area (Å²) in [6, 6.07) is 20.3. The summed E-state index contributed by atoms with van der Waals surface area (Å²) in [5.41, 5.74) is 2.16. The Bertz CT molecular complexity index is 1340. The number of aromatic nitrogens is 2. The van der Waals surface area contributed by atoms with E-state index in [1.165, 1.54) is 12.1 Å². The average molecular weight is 482 g/mol. The molecule has 180 valence electrons. The lowest BCUT2D eigenvalue weighted by Gasteiger charge is -2.16. The minimum absolute atomic E-state index is 0.123. The number of carbonyl (C=O) groups excluding carboxylic acids is 2. The van der Waals surface area contributed by atoms with Crippen LogP contribution in [0.5, 0.6) is 5.75 Å². The molecule has 2 amide bonds. The van der Waals surface area contributed by atoms with Crippen LogP contribution < -0.4 is 15.4 Å². The number of benzene rings is 3. The maximum Gasteiger partial charge on any atom is 0.573 e. The number of para-hydroxylation sites is 2. The summed E-state index contributed by atoms with van der Waals surface area (Å²) in [4.78, 5) is 30.0. The molecule has 0 aliphatic carbocycles. The van der Waals surface area contributed by atoms with Gasteiger partial charge in [0.25, 0.3) is 5.91 Å². The lowest BCUT2D eigenvalue weighted by atomic mass is 10.2. The Kier molecular flexibility index (Phi) is 6.72. The minimum Gasteiger partial charge on any atom is -0.406 e. The topological polar surface area (TPSA) is 85.2 Å². The van der Waals surface area contributed by atoms with Crippen LogP contribution in [-0.2, 0) is 11.3 Å². The van der Waals surface area contributed by atoms with Gasteiger partial charge in [-0.05, 0) is 55.5 Å². The van der Waals surface area contributed by atoms with Gasteiger partial charge in [0.2, 0.25) is 5.91 Å². The van der Waals surface area contributed by atoms with E-state index < -0.39 is 18.3 Å². The van der Waals surface area contributed by atoms with E-state index in [-0.39, 0.29) is 18.2 Å². The molecule has 0 radical (unpaired) electrons. The number of imidazole rings is 1. The zero-order valence-electron chi connectivity index (χ0n) is 18.5. The van der Waals surface area contributed by atoms with Crippen molar-refractivity contribution in [3.63, 3.8) is 0 Å². The zero-order chi connectivity index (χ0) is 25.0. The van der Waals surface area contributed by atoms with Gasteiger partial charge in [-0.3, -0.25) is 9.59 Å². The smallest absolute Gasteiger partial charge is 0.406 e. The van der Waals surface area contributed by atoms with Gasteiger partial charge in [-0.1, -0.05) is 30.3 Å². The molecule has 0 aliphatic rings. The predicted octanol–water partition coefficient (Wildman–Crippen LogP) is 5.06. The second-order valence-electron chi connectivity index (χ2n) is 7.73. The van der Waals surface area contributed by atoms with Crippen LogP contribution in [0.2, 0.25) is 0 Å². The van der Waals surface area contributed by atoms with E-state index in [1.807, 2.05) is 24.3 Å². The summed E-state index contributed by atoms with van der Waals surface area (Å²) in [5.74, 6) is -0.594.